The van der Waals surface area contributed by atoms with E-state index in [2.05, 4.69) is 21.2 Å². The predicted molar refractivity (Wildman–Crippen MR) is 76.9 cm³/mol. The molecular formula is C13H15BrN2O3. The summed E-state index contributed by atoms with van der Waals surface area (Å²) in [6.07, 6.45) is 0. The number of nitrogens with one attached hydrogen (secondary N) is 1. The summed E-state index contributed by atoms with van der Waals surface area (Å²) >= 11 is 3.43. The molecular weight excluding hydrogens is 312 g/mol. The van der Waals surface area contributed by atoms with Crippen molar-refractivity contribution in [2.45, 2.75) is 6.92 Å². The number of benzene rings is 1. The zero-order chi connectivity index (χ0) is 14.0. The minimum absolute atomic E-state index is 0.416. The molecule has 2 rings (SSSR count). The zero-order valence-corrected chi connectivity index (χ0v) is 12.4. The Morgan fingerprint density at radius 2 is 2.11 bits per heavy atom. The van der Waals surface area contributed by atoms with Crippen molar-refractivity contribution in [1.29, 1.82) is 0 Å². The number of carbonyl (C=O) groups is 2. The lowest BCUT2D eigenvalue weighted by Gasteiger charge is -2.21. The van der Waals surface area contributed by atoms with E-state index in [-0.39, 0.29) is 0 Å². The molecule has 1 N–H and O–H groups in total. The smallest absolute Gasteiger partial charge is 0.296 e. The molecule has 0 bridgehead atoms. The van der Waals surface area contributed by atoms with Crippen molar-refractivity contribution < 1.29 is 14.3 Å². The van der Waals surface area contributed by atoms with E-state index in [1.54, 1.807) is 12.1 Å². The summed E-state index contributed by atoms with van der Waals surface area (Å²) in [7, 11) is 1.93. The van der Waals surface area contributed by atoms with Crippen LogP contribution < -0.4 is 10.2 Å². The summed E-state index contributed by atoms with van der Waals surface area (Å²) in [5, 5.41) is 2.57. The molecule has 1 heterocycles. The third-order valence-electron chi connectivity index (χ3n) is 2.97. The van der Waals surface area contributed by atoms with E-state index >= 15 is 0 Å². The molecule has 1 amide bonds. The van der Waals surface area contributed by atoms with E-state index in [0.29, 0.717) is 24.5 Å². The number of nitrogens with zero attached hydrogens (tertiary/aromatic N) is 1. The highest BCUT2D eigenvalue weighted by atomic mass is 79.9. The fourth-order valence-electron chi connectivity index (χ4n) is 1.91. The predicted octanol–water partition coefficient (Wildman–Crippen LogP) is 2.06. The fourth-order valence-corrected chi connectivity index (χ4v) is 2.56. The number of hydrogen-bond donors (Lipinski definition) is 1. The zero-order valence-electron chi connectivity index (χ0n) is 10.8. The van der Waals surface area contributed by atoms with Crippen LogP contribution >= 0.6 is 15.9 Å². The molecule has 5 nitrogen and oxygen atoms in total. The number of Topliss-reactive ketones (excluding diaryl/α,β-unsaturated/α-hetero) is 1. The van der Waals surface area contributed by atoms with Crippen LogP contribution in [0.1, 0.15) is 17.3 Å². The molecule has 0 aromatic heterocycles. The van der Waals surface area contributed by atoms with Crippen molar-refractivity contribution in [1.82, 2.24) is 0 Å². The van der Waals surface area contributed by atoms with Gasteiger partial charge >= 0.3 is 0 Å². The van der Waals surface area contributed by atoms with E-state index in [1.165, 1.54) is 0 Å². The number of halogens is 1. The summed E-state index contributed by atoms with van der Waals surface area (Å²) < 4.78 is 6.10. The first-order chi connectivity index (χ1) is 9.04. The summed E-state index contributed by atoms with van der Waals surface area (Å²) in [6.45, 7) is 3.99. The van der Waals surface area contributed by atoms with E-state index < -0.39 is 11.7 Å². The Morgan fingerprint density at radius 1 is 1.37 bits per heavy atom. The molecule has 0 aliphatic carbocycles. The van der Waals surface area contributed by atoms with Gasteiger partial charge in [-0.05, 0) is 35.0 Å². The van der Waals surface area contributed by atoms with Crippen LogP contribution in [0.3, 0.4) is 0 Å². The Hall–Kier alpha value is -1.40. The third kappa shape index (κ3) is 2.79. The number of hydrogen-bond acceptors (Lipinski definition) is 4. The minimum atomic E-state index is -0.573. The average molecular weight is 327 g/mol. The summed E-state index contributed by atoms with van der Waals surface area (Å²) in [5.74, 6) is -1.06. The first kappa shape index (κ1) is 14.0. The van der Waals surface area contributed by atoms with Gasteiger partial charge in [-0.3, -0.25) is 9.59 Å². The number of carbonyl (C=O) groups excluding carboxylic acids is 2. The fraction of sp³-hybridized carbons (Fsp3) is 0.385. The molecule has 1 aliphatic rings. The Kier molecular flexibility index (Phi) is 4.21. The molecule has 0 atom stereocenters. The van der Waals surface area contributed by atoms with Crippen LogP contribution in [0.25, 0.3) is 0 Å². The molecule has 6 heteroatoms. The van der Waals surface area contributed by atoms with Gasteiger partial charge < -0.3 is 15.0 Å². The minimum Gasteiger partial charge on any atom is -0.380 e. The number of ketones is 1. The van der Waals surface area contributed by atoms with Gasteiger partial charge in [0.05, 0.1) is 23.5 Å². The molecule has 1 aromatic carbocycles. The largest absolute Gasteiger partial charge is 0.380 e. The van der Waals surface area contributed by atoms with Crippen molar-refractivity contribution in [2.75, 3.05) is 37.0 Å². The second-order valence-electron chi connectivity index (χ2n) is 4.25. The quantitative estimate of drug-likeness (QED) is 0.664. The van der Waals surface area contributed by atoms with Crippen LogP contribution in [0.5, 0.6) is 0 Å². The monoisotopic (exact) mass is 326 g/mol. The van der Waals surface area contributed by atoms with Gasteiger partial charge in [-0.2, -0.15) is 0 Å². The molecule has 0 saturated carbocycles. The van der Waals surface area contributed by atoms with Crippen molar-refractivity contribution in [2.24, 2.45) is 0 Å². The number of likely N-dealkylation sites (N-methyl/N-ethyl adjacent to an activating group) is 1. The second-order valence-corrected chi connectivity index (χ2v) is 5.11. The van der Waals surface area contributed by atoms with Gasteiger partial charge in [0, 0.05) is 24.7 Å². The summed E-state index contributed by atoms with van der Waals surface area (Å²) in [6, 6.07) is 3.48. The number of amides is 1. The molecule has 0 unspecified atom stereocenters. The molecule has 0 spiro atoms. The number of rotatable bonds is 5. The summed E-state index contributed by atoms with van der Waals surface area (Å²) in [5.41, 5.74) is 1.89. The SMILES string of the molecule is CCOCCN(C)c1cc2c(cc1Br)C(=O)C(=O)N2. The van der Waals surface area contributed by atoms with E-state index in [9.17, 15) is 9.59 Å². The Balaban J connectivity index is 2.22. The van der Waals surface area contributed by atoms with E-state index in [4.69, 9.17) is 4.74 Å². The van der Waals surface area contributed by atoms with Crippen molar-refractivity contribution in [3.05, 3.63) is 22.2 Å². The van der Waals surface area contributed by atoms with Gasteiger partial charge in [0.2, 0.25) is 0 Å². The Morgan fingerprint density at radius 3 is 2.79 bits per heavy atom. The van der Waals surface area contributed by atoms with Crippen molar-refractivity contribution >= 4 is 39.0 Å². The maximum Gasteiger partial charge on any atom is 0.296 e. The van der Waals surface area contributed by atoms with Crippen LogP contribution in [-0.4, -0.2) is 38.5 Å². The van der Waals surface area contributed by atoms with Gasteiger partial charge in [0.1, 0.15) is 0 Å². The molecule has 1 aromatic rings. The van der Waals surface area contributed by atoms with Gasteiger partial charge in [0.25, 0.3) is 11.7 Å². The molecule has 0 saturated heterocycles. The molecule has 1 aliphatic heterocycles. The lowest BCUT2D eigenvalue weighted by atomic mass is 10.1. The standard InChI is InChI=1S/C13H15BrN2O3/c1-3-19-5-4-16(2)11-7-10-8(6-9(11)14)12(17)13(18)15-10/h6-7H,3-5H2,1-2H3,(H,15,17,18). The number of fused-ring (bicyclic) bond motifs is 1. The highest BCUT2D eigenvalue weighted by Gasteiger charge is 2.29. The van der Waals surface area contributed by atoms with Gasteiger partial charge in [-0.15, -0.1) is 0 Å². The van der Waals surface area contributed by atoms with Crippen LogP contribution in [0.15, 0.2) is 16.6 Å². The maximum absolute atomic E-state index is 11.6. The van der Waals surface area contributed by atoms with Crippen LogP contribution in [0.4, 0.5) is 11.4 Å². The first-order valence-corrected chi connectivity index (χ1v) is 6.82. The second kappa shape index (κ2) is 5.71. The lowest BCUT2D eigenvalue weighted by Crippen LogP contribution is -2.23. The lowest BCUT2D eigenvalue weighted by molar-refractivity contribution is -0.112. The Labute approximate surface area is 120 Å². The van der Waals surface area contributed by atoms with E-state index in [1.807, 2.05) is 18.9 Å². The number of anilines is 2. The van der Waals surface area contributed by atoms with Crippen molar-refractivity contribution in [3.8, 4) is 0 Å². The highest BCUT2D eigenvalue weighted by Crippen LogP contribution is 2.34. The van der Waals surface area contributed by atoms with Gasteiger partial charge in [-0.1, -0.05) is 0 Å². The Bertz CT molecular complexity index is 531. The molecule has 102 valence electrons. The summed E-state index contributed by atoms with van der Waals surface area (Å²) in [4.78, 5) is 24.9. The topological polar surface area (TPSA) is 58.6 Å². The van der Waals surface area contributed by atoms with E-state index in [0.717, 1.165) is 16.7 Å². The molecule has 19 heavy (non-hydrogen) atoms. The normalized spacial score (nSPS) is 13.4. The van der Waals surface area contributed by atoms with Gasteiger partial charge in [0.15, 0.2) is 0 Å². The average Bonchev–Trinajstić information content (AvgIpc) is 2.65. The maximum atomic E-state index is 11.6. The highest BCUT2D eigenvalue weighted by molar-refractivity contribution is 9.10. The van der Waals surface area contributed by atoms with Crippen LogP contribution in [0.2, 0.25) is 0 Å². The van der Waals surface area contributed by atoms with Crippen LogP contribution in [0, 0.1) is 0 Å². The number of ether oxygens (including phenoxy) is 1. The first-order valence-electron chi connectivity index (χ1n) is 6.02. The van der Waals surface area contributed by atoms with Gasteiger partial charge in [-0.25, -0.2) is 0 Å². The van der Waals surface area contributed by atoms with Crippen molar-refractivity contribution in [3.63, 3.8) is 0 Å². The molecule has 0 fully saturated rings. The third-order valence-corrected chi connectivity index (χ3v) is 3.61. The van der Waals surface area contributed by atoms with Crippen LogP contribution in [-0.2, 0) is 9.53 Å². The molecule has 0 radical (unpaired) electrons.